The van der Waals surface area contributed by atoms with Crippen LogP contribution in [0, 0.1) is 11.6 Å². The van der Waals surface area contributed by atoms with E-state index < -0.39 is 52.5 Å². The highest BCUT2D eigenvalue weighted by atomic mass is 19.4. The first-order valence-electron chi connectivity index (χ1n) is 7.67. The number of alkyl halides is 3. The van der Waals surface area contributed by atoms with Crippen LogP contribution < -0.4 is 0 Å². The Hall–Kier alpha value is -2.90. The molecule has 0 unspecified atom stereocenters. The van der Waals surface area contributed by atoms with Crippen molar-refractivity contribution in [2.24, 2.45) is 4.99 Å². The van der Waals surface area contributed by atoms with E-state index in [-0.39, 0.29) is 16.8 Å². The predicted molar refractivity (Wildman–Crippen MR) is 89.8 cm³/mol. The molecule has 0 fully saturated rings. The molecule has 0 bridgehead atoms. The summed E-state index contributed by atoms with van der Waals surface area (Å²) in [5.74, 6) is -4.07. The first-order chi connectivity index (χ1) is 12.5. The third-order valence-corrected chi connectivity index (χ3v) is 3.90. The van der Waals surface area contributed by atoms with Gasteiger partial charge in [0.2, 0.25) is 0 Å². The van der Waals surface area contributed by atoms with E-state index >= 15 is 0 Å². The smallest absolute Gasteiger partial charge is 0.289 e. The topological polar surface area (TPSA) is 46.5 Å². The summed E-state index contributed by atoms with van der Waals surface area (Å²) in [4.78, 5) is 28.0. The average Bonchev–Trinajstić information content (AvgIpc) is 2.56. The molecule has 0 aliphatic heterocycles. The lowest BCUT2D eigenvalue weighted by Crippen LogP contribution is -2.21. The fourth-order valence-corrected chi connectivity index (χ4v) is 2.63. The van der Waals surface area contributed by atoms with Crippen molar-refractivity contribution in [3.8, 4) is 0 Å². The molecule has 8 heteroatoms. The number of ketones is 2. The Kier molecular flexibility index (Phi) is 5.58. The predicted octanol–water partition coefficient (Wildman–Crippen LogP) is 5.14. The fraction of sp³-hybridized carbons (Fsp3) is 0.211. The Morgan fingerprint density at radius 1 is 1.11 bits per heavy atom. The van der Waals surface area contributed by atoms with E-state index in [0.29, 0.717) is 12.1 Å². The molecule has 1 aliphatic carbocycles. The van der Waals surface area contributed by atoms with Gasteiger partial charge in [-0.2, -0.15) is 13.2 Å². The highest BCUT2D eigenvalue weighted by molar-refractivity contribution is 6.24. The van der Waals surface area contributed by atoms with Crippen LogP contribution in [-0.2, 0) is 0 Å². The molecule has 0 aromatic heterocycles. The van der Waals surface area contributed by atoms with Crippen LogP contribution in [0.1, 0.15) is 41.0 Å². The van der Waals surface area contributed by atoms with Crippen molar-refractivity contribution in [2.75, 3.05) is 0 Å². The number of rotatable bonds is 4. The van der Waals surface area contributed by atoms with Gasteiger partial charge in [-0.05, 0) is 44.8 Å². The maximum Gasteiger partial charge on any atom is 0.416 e. The number of fused-ring (bicyclic) bond motifs is 1. The Morgan fingerprint density at radius 2 is 1.67 bits per heavy atom. The van der Waals surface area contributed by atoms with Gasteiger partial charge in [-0.15, -0.1) is 0 Å². The van der Waals surface area contributed by atoms with Crippen LogP contribution in [0.5, 0.6) is 0 Å². The van der Waals surface area contributed by atoms with Crippen LogP contribution >= 0.6 is 0 Å². The lowest BCUT2D eigenvalue weighted by Gasteiger charge is -2.17. The minimum Gasteiger partial charge on any atom is -0.289 e. The van der Waals surface area contributed by atoms with Gasteiger partial charge in [0.25, 0.3) is 0 Å². The van der Waals surface area contributed by atoms with E-state index in [9.17, 15) is 31.5 Å². The zero-order valence-electron chi connectivity index (χ0n) is 14.4. The van der Waals surface area contributed by atoms with Crippen molar-refractivity contribution in [1.29, 1.82) is 0 Å². The molecule has 0 heterocycles. The molecule has 1 aliphatic rings. The number of Topliss-reactive ketones (excluding diaryl/α,β-unsaturated/α-hetero) is 1. The summed E-state index contributed by atoms with van der Waals surface area (Å²) < 4.78 is 67.0. The Labute approximate surface area is 151 Å². The maximum atomic E-state index is 14.0. The molecule has 2 rings (SSSR count). The van der Waals surface area contributed by atoms with Gasteiger partial charge in [0, 0.05) is 17.7 Å². The Bertz CT molecular complexity index is 932. The number of carbonyl (C=O) groups is 2. The summed E-state index contributed by atoms with van der Waals surface area (Å²) in [5, 5.41) is 0. The summed E-state index contributed by atoms with van der Waals surface area (Å²) in [6.45, 7) is 5.68. The molecular formula is C19H14F5NO2. The van der Waals surface area contributed by atoms with Crippen LogP contribution in [0.25, 0.3) is 0 Å². The lowest BCUT2D eigenvalue weighted by atomic mass is 9.86. The van der Waals surface area contributed by atoms with E-state index in [2.05, 4.69) is 11.7 Å². The maximum absolute atomic E-state index is 14.0. The normalized spacial score (nSPS) is 14.6. The number of benzene rings is 1. The number of allylic oxidation sites excluding steroid dienone is 5. The van der Waals surface area contributed by atoms with Crippen molar-refractivity contribution in [2.45, 2.75) is 26.4 Å². The molecule has 0 N–H and O–H groups in total. The number of hydrogen-bond donors (Lipinski definition) is 0. The molecule has 0 radical (unpaired) electrons. The van der Waals surface area contributed by atoms with Gasteiger partial charge in [-0.25, -0.2) is 8.78 Å². The summed E-state index contributed by atoms with van der Waals surface area (Å²) in [5.41, 5.74) is -2.98. The fourth-order valence-electron chi connectivity index (χ4n) is 2.63. The zero-order valence-corrected chi connectivity index (χ0v) is 14.4. The van der Waals surface area contributed by atoms with E-state index in [1.165, 1.54) is 13.8 Å². The molecular weight excluding hydrogens is 369 g/mol. The quantitative estimate of drug-likeness (QED) is 0.410. The molecule has 27 heavy (non-hydrogen) atoms. The van der Waals surface area contributed by atoms with E-state index in [1.54, 1.807) is 0 Å². The van der Waals surface area contributed by atoms with Gasteiger partial charge >= 0.3 is 6.18 Å². The number of hydrogen-bond acceptors (Lipinski definition) is 3. The van der Waals surface area contributed by atoms with Crippen LogP contribution in [-0.4, -0.2) is 24.5 Å². The van der Waals surface area contributed by atoms with Crippen molar-refractivity contribution in [1.82, 2.24) is 0 Å². The number of aliphatic imine (C=N–C) groups is 1. The monoisotopic (exact) mass is 383 g/mol. The van der Waals surface area contributed by atoms with Gasteiger partial charge in [-0.3, -0.25) is 14.6 Å². The van der Waals surface area contributed by atoms with Crippen LogP contribution in [0.2, 0.25) is 0 Å². The van der Waals surface area contributed by atoms with E-state index in [0.717, 1.165) is 12.1 Å². The summed E-state index contributed by atoms with van der Waals surface area (Å²) in [7, 11) is 0. The van der Waals surface area contributed by atoms with Gasteiger partial charge < -0.3 is 0 Å². The van der Waals surface area contributed by atoms with Gasteiger partial charge in [0.05, 0.1) is 16.7 Å². The van der Waals surface area contributed by atoms with Crippen LogP contribution in [0.4, 0.5) is 22.0 Å². The summed E-state index contributed by atoms with van der Waals surface area (Å²) >= 11 is 0. The first kappa shape index (κ1) is 20.4. The second-order valence-corrected chi connectivity index (χ2v) is 6.02. The minimum absolute atomic E-state index is 0.0397. The molecule has 0 spiro atoms. The highest BCUT2D eigenvalue weighted by Gasteiger charge is 2.34. The molecule has 0 saturated carbocycles. The Balaban J connectivity index is 2.48. The number of carbonyl (C=O) groups excluding carboxylic acids is 2. The second kappa shape index (κ2) is 7.38. The Morgan fingerprint density at radius 3 is 2.15 bits per heavy atom. The average molecular weight is 383 g/mol. The molecule has 1 aromatic carbocycles. The molecule has 3 nitrogen and oxygen atoms in total. The third kappa shape index (κ3) is 4.10. The van der Waals surface area contributed by atoms with Crippen molar-refractivity contribution >= 4 is 18.3 Å². The van der Waals surface area contributed by atoms with Crippen LogP contribution in [0.3, 0.4) is 0 Å². The second-order valence-electron chi connectivity index (χ2n) is 6.02. The standard InChI is InChI=1S/C19H14F5NO2/c1-9(2)12(19(22,23)24)8-11(25-3)6-10-7-15(26)16-13(20)4-5-14(21)17(16)18(10)27/h4-5,7-8H,3,6H2,1-2H3/b11-8-. The van der Waals surface area contributed by atoms with Crippen molar-refractivity contribution in [3.63, 3.8) is 0 Å². The molecule has 0 atom stereocenters. The van der Waals surface area contributed by atoms with Gasteiger partial charge in [-0.1, -0.05) is 5.57 Å². The number of nitrogens with zero attached hydrogens (tertiary/aromatic N) is 1. The molecule has 1 aromatic rings. The van der Waals surface area contributed by atoms with Crippen molar-refractivity contribution in [3.05, 3.63) is 69.5 Å². The first-order valence-corrected chi connectivity index (χ1v) is 7.67. The number of halogens is 5. The zero-order chi connectivity index (χ0) is 20.5. The summed E-state index contributed by atoms with van der Waals surface area (Å²) in [6.07, 6.45) is -3.66. The van der Waals surface area contributed by atoms with E-state index in [4.69, 9.17) is 0 Å². The largest absolute Gasteiger partial charge is 0.416 e. The SMILES string of the molecule is C=N/C(=C\C(=C(C)C)C(F)(F)F)CC1=CC(=O)c2c(F)ccc(F)c2C1=O. The molecule has 142 valence electrons. The minimum atomic E-state index is -4.66. The molecule has 0 amide bonds. The van der Waals surface area contributed by atoms with Crippen LogP contribution in [0.15, 0.2) is 51.7 Å². The molecule has 0 saturated heterocycles. The van der Waals surface area contributed by atoms with Crippen molar-refractivity contribution < 1.29 is 31.5 Å². The lowest BCUT2D eigenvalue weighted by molar-refractivity contribution is -0.0890. The van der Waals surface area contributed by atoms with Gasteiger partial charge in [0.15, 0.2) is 11.6 Å². The highest BCUT2D eigenvalue weighted by Crippen LogP contribution is 2.33. The summed E-state index contributed by atoms with van der Waals surface area (Å²) in [6, 6.07) is 1.43. The third-order valence-electron chi connectivity index (χ3n) is 3.90. The van der Waals surface area contributed by atoms with Gasteiger partial charge in [0.1, 0.15) is 11.6 Å². The van der Waals surface area contributed by atoms with E-state index in [1.807, 2.05) is 0 Å².